The van der Waals surface area contributed by atoms with Crippen molar-refractivity contribution >= 4 is 25.7 Å². The van der Waals surface area contributed by atoms with Gasteiger partial charge < -0.3 is 5.73 Å². The maximum Gasteiger partial charge on any atom is 0.226 e. The van der Waals surface area contributed by atoms with Gasteiger partial charge in [-0.05, 0) is 12.8 Å². The zero-order valence-corrected chi connectivity index (χ0v) is 10.7. The molecule has 0 aliphatic carbocycles. The van der Waals surface area contributed by atoms with Crippen LogP contribution in [0.2, 0.25) is 0 Å². The maximum atomic E-state index is 11.2. The van der Waals surface area contributed by atoms with E-state index in [0.717, 1.165) is 6.26 Å². The van der Waals surface area contributed by atoms with Crippen LogP contribution in [0.1, 0.15) is 19.3 Å². The molecule has 0 aliphatic heterocycles. The molecule has 0 amide bonds. The molecule has 4 N–H and O–H groups in total. The minimum absolute atomic E-state index is 0.0546. The van der Waals surface area contributed by atoms with Crippen LogP contribution < -0.4 is 10.5 Å². The molecule has 0 radical (unpaired) electrons. The van der Waals surface area contributed by atoms with Gasteiger partial charge in [-0.15, -0.1) is 0 Å². The zero-order chi connectivity index (χ0) is 12.8. The smallest absolute Gasteiger partial charge is 0.226 e. The van der Waals surface area contributed by atoms with Crippen LogP contribution in [0.4, 0.5) is 0 Å². The van der Waals surface area contributed by atoms with Crippen molar-refractivity contribution in [3.63, 3.8) is 0 Å². The van der Waals surface area contributed by atoms with Crippen molar-refractivity contribution in [1.29, 1.82) is 5.41 Å². The number of unbranched alkanes of at least 4 members (excludes halogenated alkanes) is 1. The van der Waals surface area contributed by atoms with Crippen molar-refractivity contribution in [2.45, 2.75) is 19.3 Å². The number of amidine groups is 1. The Morgan fingerprint density at radius 2 is 1.81 bits per heavy atom. The number of hydrogen-bond donors (Lipinski definition) is 3. The number of hydrogen-bond acceptors (Lipinski definition) is 5. The van der Waals surface area contributed by atoms with E-state index < -0.39 is 24.9 Å². The van der Waals surface area contributed by atoms with Crippen LogP contribution in [0.3, 0.4) is 0 Å². The number of nitrogens with two attached hydrogens (primary N) is 1. The summed E-state index contributed by atoms with van der Waals surface area (Å²) in [5.41, 5.74) is 5.11. The van der Waals surface area contributed by atoms with Gasteiger partial charge in [0.05, 0.1) is 5.84 Å². The Balaban J connectivity index is 3.89. The first-order valence-electron chi connectivity index (χ1n) is 4.60. The van der Waals surface area contributed by atoms with Gasteiger partial charge in [0.25, 0.3) is 0 Å². The molecule has 0 atom stereocenters. The van der Waals surface area contributed by atoms with Crippen LogP contribution in [-0.4, -0.2) is 40.6 Å². The summed E-state index contributed by atoms with van der Waals surface area (Å²) in [5, 5.41) is 6.03. The molecule has 0 heterocycles. The van der Waals surface area contributed by atoms with Crippen LogP contribution >= 0.6 is 0 Å². The number of sulfonamides is 1. The monoisotopic (exact) mass is 271 g/mol. The second-order valence-corrected chi connectivity index (χ2v) is 7.85. The molecule has 0 aromatic carbocycles. The first-order chi connectivity index (χ1) is 7.12. The summed E-state index contributed by atoms with van der Waals surface area (Å²) in [6, 6.07) is 0. The first kappa shape index (κ1) is 15.3. The lowest BCUT2D eigenvalue weighted by molar-refractivity contribution is 0.577. The maximum absolute atomic E-state index is 11.2. The molecule has 96 valence electrons. The Kier molecular flexibility index (Phi) is 5.90. The van der Waals surface area contributed by atoms with Crippen molar-refractivity contribution in [2.75, 3.05) is 17.9 Å². The second kappa shape index (κ2) is 6.16. The Labute approximate surface area is 95.9 Å². The van der Waals surface area contributed by atoms with Crippen LogP contribution in [0.5, 0.6) is 0 Å². The average Bonchev–Trinajstić information content (AvgIpc) is 1.97. The molecule has 0 aromatic heterocycles. The molecule has 16 heavy (non-hydrogen) atoms. The van der Waals surface area contributed by atoms with Gasteiger partial charge in [0.1, 0.15) is 0 Å². The normalized spacial score (nSPS) is 12.6. The van der Waals surface area contributed by atoms with E-state index in [0.29, 0.717) is 19.3 Å². The molecule has 0 aromatic rings. The number of rotatable bonds is 8. The molecular weight excluding hydrogens is 254 g/mol. The zero-order valence-electron chi connectivity index (χ0n) is 9.06. The predicted octanol–water partition coefficient (Wildman–Crippen LogP) is -0.986. The standard InChI is InChI=1S/C7H17N3O4S2/c1-15(11,12)6-16(13,14)10-5-3-2-4-7(8)9/h10H,2-6H2,1H3,(H3,8,9). The number of nitrogens with one attached hydrogen (secondary N) is 2. The lowest BCUT2D eigenvalue weighted by Gasteiger charge is -2.05. The summed E-state index contributed by atoms with van der Waals surface area (Å²) in [7, 11) is -7.31. The van der Waals surface area contributed by atoms with Crippen molar-refractivity contribution in [1.82, 2.24) is 4.72 Å². The molecule has 0 saturated carbocycles. The highest BCUT2D eigenvalue weighted by atomic mass is 32.3. The summed E-state index contributed by atoms with van der Waals surface area (Å²) in [4.78, 5) is 0. The molecule has 0 saturated heterocycles. The van der Waals surface area contributed by atoms with Gasteiger partial charge in [-0.2, -0.15) is 0 Å². The van der Waals surface area contributed by atoms with Crippen LogP contribution in [-0.2, 0) is 19.9 Å². The summed E-state index contributed by atoms with van der Waals surface area (Å²) < 4.78 is 46.1. The van der Waals surface area contributed by atoms with E-state index >= 15 is 0 Å². The topological polar surface area (TPSA) is 130 Å². The predicted molar refractivity (Wildman–Crippen MR) is 62.4 cm³/mol. The van der Waals surface area contributed by atoms with E-state index in [9.17, 15) is 16.8 Å². The number of sulfone groups is 1. The highest BCUT2D eigenvalue weighted by Gasteiger charge is 2.16. The van der Waals surface area contributed by atoms with E-state index in [1.54, 1.807) is 0 Å². The summed E-state index contributed by atoms with van der Waals surface area (Å²) >= 11 is 0. The fraction of sp³-hybridized carbons (Fsp3) is 0.857. The molecule has 0 fully saturated rings. The highest BCUT2D eigenvalue weighted by molar-refractivity contribution is 8.06. The van der Waals surface area contributed by atoms with E-state index in [-0.39, 0.29) is 12.4 Å². The molecular formula is C7H17N3O4S2. The Hall–Kier alpha value is -0.670. The van der Waals surface area contributed by atoms with Crippen molar-refractivity contribution in [2.24, 2.45) is 5.73 Å². The second-order valence-electron chi connectivity index (χ2n) is 3.54. The molecule has 0 unspecified atom stereocenters. The van der Waals surface area contributed by atoms with Gasteiger partial charge in [0.15, 0.2) is 14.9 Å². The van der Waals surface area contributed by atoms with Gasteiger partial charge in [0.2, 0.25) is 10.0 Å². The minimum atomic E-state index is -3.76. The fourth-order valence-corrected chi connectivity index (χ4v) is 4.03. The Morgan fingerprint density at radius 3 is 2.25 bits per heavy atom. The fourth-order valence-electron chi connectivity index (χ4n) is 0.992. The van der Waals surface area contributed by atoms with E-state index in [2.05, 4.69) is 4.72 Å². The third-order valence-electron chi connectivity index (χ3n) is 1.56. The Bertz CT molecular complexity index is 427. The van der Waals surface area contributed by atoms with Crippen molar-refractivity contribution in [3.8, 4) is 0 Å². The summed E-state index contributed by atoms with van der Waals surface area (Å²) in [6.45, 7) is 0.158. The van der Waals surface area contributed by atoms with Gasteiger partial charge >= 0.3 is 0 Å². The van der Waals surface area contributed by atoms with Gasteiger partial charge in [0, 0.05) is 19.2 Å². The third-order valence-corrected chi connectivity index (χ3v) is 5.16. The lowest BCUT2D eigenvalue weighted by atomic mass is 10.2. The van der Waals surface area contributed by atoms with Crippen molar-refractivity contribution in [3.05, 3.63) is 0 Å². The van der Waals surface area contributed by atoms with Crippen LogP contribution in [0, 0.1) is 5.41 Å². The first-order valence-corrected chi connectivity index (χ1v) is 8.31. The quantitative estimate of drug-likeness (QED) is 0.296. The van der Waals surface area contributed by atoms with E-state index in [1.807, 2.05) is 0 Å². The third kappa shape index (κ3) is 9.87. The molecule has 0 spiro atoms. The largest absolute Gasteiger partial charge is 0.388 e. The summed E-state index contributed by atoms with van der Waals surface area (Å²) in [5.74, 6) is 0.0546. The lowest BCUT2D eigenvalue weighted by Crippen LogP contribution is -2.30. The van der Waals surface area contributed by atoms with Gasteiger partial charge in [-0.3, -0.25) is 5.41 Å². The molecule has 7 nitrogen and oxygen atoms in total. The highest BCUT2D eigenvalue weighted by Crippen LogP contribution is 1.96. The molecule has 0 aliphatic rings. The molecule has 9 heteroatoms. The van der Waals surface area contributed by atoms with Crippen LogP contribution in [0.15, 0.2) is 0 Å². The average molecular weight is 271 g/mol. The minimum Gasteiger partial charge on any atom is -0.388 e. The van der Waals surface area contributed by atoms with E-state index in [1.165, 1.54) is 0 Å². The Morgan fingerprint density at radius 1 is 1.25 bits per heavy atom. The van der Waals surface area contributed by atoms with Gasteiger partial charge in [-0.1, -0.05) is 0 Å². The van der Waals surface area contributed by atoms with E-state index in [4.69, 9.17) is 11.1 Å². The van der Waals surface area contributed by atoms with Crippen molar-refractivity contribution < 1.29 is 16.8 Å². The molecule has 0 rings (SSSR count). The summed E-state index contributed by atoms with van der Waals surface area (Å²) in [6.07, 6.45) is 2.38. The van der Waals surface area contributed by atoms with Gasteiger partial charge in [-0.25, -0.2) is 21.6 Å². The van der Waals surface area contributed by atoms with Crippen LogP contribution in [0.25, 0.3) is 0 Å². The molecule has 0 bridgehead atoms. The SMILES string of the molecule is CS(=O)(=O)CS(=O)(=O)NCCCCC(=N)N.